The van der Waals surface area contributed by atoms with Gasteiger partial charge in [-0.25, -0.2) is 0 Å². The molecule has 0 aliphatic carbocycles. The van der Waals surface area contributed by atoms with Crippen LogP contribution < -0.4 is 15.0 Å². The van der Waals surface area contributed by atoms with E-state index in [0.717, 1.165) is 41.8 Å². The van der Waals surface area contributed by atoms with Gasteiger partial charge in [-0.05, 0) is 54.7 Å². The lowest BCUT2D eigenvalue weighted by Gasteiger charge is -2.21. The molecule has 6 nitrogen and oxygen atoms in total. The van der Waals surface area contributed by atoms with Gasteiger partial charge in [-0.1, -0.05) is 18.2 Å². The molecule has 1 N–H and O–H groups in total. The minimum Gasteiger partial charge on any atom is -0.497 e. The van der Waals surface area contributed by atoms with E-state index in [0.29, 0.717) is 18.8 Å². The lowest BCUT2D eigenvalue weighted by molar-refractivity contribution is -0.127. The highest BCUT2D eigenvalue weighted by molar-refractivity contribution is 6.00. The first kappa shape index (κ1) is 18.5. The van der Waals surface area contributed by atoms with Gasteiger partial charge in [-0.2, -0.15) is 0 Å². The Morgan fingerprint density at radius 2 is 2.04 bits per heavy atom. The van der Waals surface area contributed by atoms with Gasteiger partial charge in [0.15, 0.2) is 0 Å². The number of rotatable bonds is 5. The number of hydrogen-bond donors (Lipinski definition) is 1. The minimum atomic E-state index is -0.334. The number of anilines is 2. The molecule has 0 aromatic heterocycles. The molecule has 2 aliphatic heterocycles. The van der Waals surface area contributed by atoms with E-state index < -0.39 is 0 Å². The molecule has 4 rings (SSSR count). The second-order valence-corrected chi connectivity index (χ2v) is 7.16. The van der Waals surface area contributed by atoms with E-state index in [2.05, 4.69) is 5.32 Å². The fraction of sp³-hybridized carbons (Fsp3) is 0.364. The van der Waals surface area contributed by atoms with Gasteiger partial charge < -0.3 is 19.7 Å². The number of amides is 2. The Hall–Kier alpha value is -2.86. The number of carbonyl (C=O) groups excluding carboxylic acids is 2. The molecule has 2 aromatic rings. The highest BCUT2D eigenvalue weighted by Gasteiger charge is 2.32. The number of nitrogens with zero attached hydrogens (tertiary/aromatic N) is 1. The van der Waals surface area contributed by atoms with Crippen LogP contribution in [0.4, 0.5) is 11.4 Å². The molecule has 2 aromatic carbocycles. The summed E-state index contributed by atoms with van der Waals surface area (Å²) in [5, 5.41) is 2.94. The Balaban J connectivity index is 1.43. The van der Waals surface area contributed by atoms with Crippen molar-refractivity contribution >= 4 is 23.2 Å². The molecule has 6 heteroatoms. The normalized spacial score (nSPS) is 18.0. The average molecular weight is 380 g/mol. The number of fused-ring (bicyclic) bond motifs is 1. The largest absolute Gasteiger partial charge is 0.497 e. The summed E-state index contributed by atoms with van der Waals surface area (Å²) in [4.78, 5) is 27.0. The zero-order valence-corrected chi connectivity index (χ0v) is 15.9. The second kappa shape index (κ2) is 8.02. The maximum Gasteiger partial charge on any atom is 0.256 e. The van der Waals surface area contributed by atoms with Crippen LogP contribution in [-0.2, 0) is 27.2 Å². The summed E-state index contributed by atoms with van der Waals surface area (Å²) in [5.41, 5.74) is 3.61. The number of nitrogens with one attached hydrogen (secondary N) is 1. The predicted molar refractivity (Wildman–Crippen MR) is 107 cm³/mol. The summed E-state index contributed by atoms with van der Waals surface area (Å²) < 4.78 is 10.7. The van der Waals surface area contributed by atoms with Gasteiger partial charge >= 0.3 is 0 Å². The SMILES string of the molecule is COc1ccc(CC(=O)Nc2ccc3c(c2)N(C(=O)[C@@H]2CCCO2)CC3)cc1. The van der Waals surface area contributed by atoms with Crippen molar-refractivity contribution in [3.63, 3.8) is 0 Å². The van der Waals surface area contributed by atoms with Gasteiger partial charge in [0.1, 0.15) is 11.9 Å². The highest BCUT2D eigenvalue weighted by Crippen LogP contribution is 2.32. The molecule has 28 heavy (non-hydrogen) atoms. The monoisotopic (exact) mass is 380 g/mol. The number of carbonyl (C=O) groups is 2. The molecule has 1 saturated heterocycles. The van der Waals surface area contributed by atoms with Gasteiger partial charge in [0.05, 0.1) is 13.5 Å². The topological polar surface area (TPSA) is 67.9 Å². The molecular weight excluding hydrogens is 356 g/mol. The van der Waals surface area contributed by atoms with Crippen LogP contribution in [0.1, 0.15) is 24.0 Å². The maximum atomic E-state index is 12.7. The van der Waals surface area contributed by atoms with Gasteiger partial charge in [-0.15, -0.1) is 0 Å². The van der Waals surface area contributed by atoms with Gasteiger partial charge in [0, 0.05) is 24.5 Å². The zero-order valence-electron chi connectivity index (χ0n) is 15.9. The molecule has 0 bridgehead atoms. The predicted octanol–water partition coefficient (Wildman–Crippen LogP) is 2.94. The van der Waals surface area contributed by atoms with Crippen LogP contribution in [0.5, 0.6) is 5.75 Å². The quantitative estimate of drug-likeness (QED) is 0.866. The van der Waals surface area contributed by atoms with Gasteiger partial charge in [0.25, 0.3) is 5.91 Å². The van der Waals surface area contributed by atoms with E-state index in [1.54, 1.807) is 12.0 Å². The average Bonchev–Trinajstić information content (AvgIpc) is 3.38. The fourth-order valence-electron chi connectivity index (χ4n) is 3.77. The van der Waals surface area contributed by atoms with Crippen molar-refractivity contribution in [3.8, 4) is 5.75 Å². The Kier molecular flexibility index (Phi) is 5.30. The van der Waals surface area contributed by atoms with E-state index in [9.17, 15) is 9.59 Å². The van der Waals surface area contributed by atoms with E-state index in [1.165, 1.54) is 0 Å². The summed E-state index contributed by atoms with van der Waals surface area (Å²) in [7, 11) is 1.61. The Morgan fingerprint density at radius 1 is 1.21 bits per heavy atom. The second-order valence-electron chi connectivity index (χ2n) is 7.16. The first-order valence-corrected chi connectivity index (χ1v) is 9.63. The Morgan fingerprint density at radius 3 is 2.75 bits per heavy atom. The van der Waals surface area contributed by atoms with Crippen LogP contribution >= 0.6 is 0 Å². The summed E-state index contributed by atoms with van der Waals surface area (Å²) in [6, 6.07) is 13.2. The molecule has 2 aliphatic rings. The van der Waals surface area contributed by atoms with Crippen LogP contribution in [0.2, 0.25) is 0 Å². The van der Waals surface area contributed by atoms with Crippen molar-refractivity contribution < 1.29 is 19.1 Å². The van der Waals surface area contributed by atoms with E-state index >= 15 is 0 Å². The third-order valence-electron chi connectivity index (χ3n) is 5.26. The first-order chi connectivity index (χ1) is 13.6. The third kappa shape index (κ3) is 3.87. The number of ether oxygens (including phenoxy) is 2. The number of methoxy groups -OCH3 is 1. The van der Waals surface area contributed by atoms with Crippen LogP contribution in [0.15, 0.2) is 42.5 Å². The van der Waals surface area contributed by atoms with E-state index in [1.807, 2.05) is 42.5 Å². The number of benzene rings is 2. The van der Waals surface area contributed by atoms with Crippen molar-refractivity contribution in [2.24, 2.45) is 0 Å². The van der Waals surface area contributed by atoms with Crippen LogP contribution in [-0.4, -0.2) is 38.2 Å². The van der Waals surface area contributed by atoms with Crippen molar-refractivity contribution in [2.45, 2.75) is 31.8 Å². The molecule has 0 radical (unpaired) electrons. The molecule has 2 heterocycles. The summed E-state index contributed by atoms with van der Waals surface area (Å²) in [6.45, 7) is 1.32. The summed E-state index contributed by atoms with van der Waals surface area (Å²) in [5.74, 6) is 0.692. The maximum absolute atomic E-state index is 12.7. The molecule has 1 atom stereocenters. The van der Waals surface area contributed by atoms with Gasteiger partial charge in [-0.3, -0.25) is 9.59 Å². The van der Waals surface area contributed by atoms with E-state index in [-0.39, 0.29) is 24.3 Å². The highest BCUT2D eigenvalue weighted by atomic mass is 16.5. The van der Waals surface area contributed by atoms with Crippen LogP contribution in [0.25, 0.3) is 0 Å². The molecule has 146 valence electrons. The third-order valence-corrected chi connectivity index (χ3v) is 5.26. The van der Waals surface area contributed by atoms with Crippen molar-refractivity contribution in [2.75, 3.05) is 30.5 Å². The standard InChI is InChI=1S/C22H24N2O4/c1-27-18-8-4-15(5-9-18)13-21(25)23-17-7-6-16-10-11-24(19(16)14-17)22(26)20-3-2-12-28-20/h4-9,14,20H,2-3,10-13H2,1H3,(H,23,25)/t20-/m0/s1. The molecule has 0 spiro atoms. The number of hydrogen-bond acceptors (Lipinski definition) is 4. The molecule has 0 unspecified atom stereocenters. The molecular formula is C22H24N2O4. The Labute approximate surface area is 164 Å². The van der Waals surface area contributed by atoms with Crippen LogP contribution in [0.3, 0.4) is 0 Å². The fourth-order valence-corrected chi connectivity index (χ4v) is 3.77. The minimum absolute atomic E-state index is 0.0259. The van der Waals surface area contributed by atoms with Gasteiger partial charge in [0.2, 0.25) is 5.91 Å². The van der Waals surface area contributed by atoms with E-state index in [4.69, 9.17) is 9.47 Å². The zero-order chi connectivity index (χ0) is 19.5. The summed E-state index contributed by atoms with van der Waals surface area (Å²) >= 11 is 0. The smallest absolute Gasteiger partial charge is 0.256 e. The summed E-state index contributed by atoms with van der Waals surface area (Å²) in [6.07, 6.45) is 2.48. The lowest BCUT2D eigenvalue weighted by Crippen LogP contribution is -2.37. The van der Waals surface area contributed by atoms with Crippen molar-refractivity contribution in [1.29, 1.82) is 0 Å². The first-order valence-electron chi connectivity index (χ1n) is 9.63. The molecule has 0 saturated carbocycles. The molecule has 2 amide bonds. The van der Waals surface area contributed by atoms with Crippen molar-refractivity contribution in [3.05, 3.63) is 53.6 Å². The molecule has 1 fully saturated rings. The van der Waals surface area contributed by atoms with Crippen LogP contribution in [0, 0.1) is 0 Å². The Bertz CT molecular complexity index is 873. The van der Waals surface area contributed by atoms with Crippen molar-refractivity contribution in [1.82, 2.24) is 0 Å². The lowest BCUT2D eigenvalue weighted by atomic mass is 10.1.